The van der Waals surface area contributed by atoms with Crippen LogP contribution in [0.15, 0.2) is 29.6 Å². The zero-order chi connectivity index (χ0) is 13.0. The van der Waals surface area contributed by atoms with Gasteiger partial charge in [-0.3, -0.25) is 10.1 Å². The smallest absolute Gasteiger partial charge is 0.258 e. The van der Waals surface area contributed by atoms with Crippen LogP contribution in [0, 0.1) is 3.57 Å². The van der Waals surface area contributed by atoms with E-state index in [4.69, 9.17) is 0 Å². The van der Waals surface area contributed by atoms with Gasteiger partial charge in [-0.2, -0.15) is 11.8 Å². The average molecular weight is 390 g/mol. The van der Waals surface area contributed by atoms with E-state index in [2.05, 4.69) is 32.9 Å². The Morgan fingerprint density at radius 3 is 3.00 bits per heavy atom. The van der Waals surface area contributed by atoms with E-state index < -0.39 is 0 Å². The first kappa shape index (κ1) is 13.8. The van der Waals surface area contributed by atoms with Crippen molar-refractivity contribution in [3.05, 3.63) is 44.5 Å². The number of nitrogens with zero attached hydrogens (tertiary/aromatic N) is 1. The van der Waals surface area contributed by atoms with Crippen LogP contribution >= 0.6 is 45.7 Å². The van der Waals surface area contributed by atoms with E-state index in [1.54, 1.807) is 11.8 Å². The Bertz CT molecular complexity index is 557. The topological polar surface area (TPSA) is 42.0 Å². The first-order valence-electron chi connectivity index (χ1n) is 5.20. The summed E-state index contributed by atoms with van der Waals surface area (Å²) in [5.41, 5.74) is 1.69. The maximum atomic E-state index is 12.0. The van der Waals surface area contributed by atoms with E-state index in [9.17, 15) is 4.79 Å². The molecule has 0 fully saturated rings. The molecule has 0 saturated heterocycles. The lowest BCUT2D eigenvalue weighted by atomic mass is 10.2. The molecule has 0 radical (unpaired) electrons. The zero-order valence-electron chi connectivity index (χ0n) is 9.64. The third-order valence-electron chi connectivity index (χ3n) is 2.18. The summed E-state index contributed by atoms with van der Waals surface area (Å²) in [6, 6.07) is 7.50. The van der Waals surface area contributed by atoms with E-state index >= 15 is 0 Å². The number of thiazole rings is 1. The molecule has 2 aromatic rings. The van der Waals surface area contributed by atoms with Crippen LogP contribution in [0.4, 0.5) is 5.13 Å². The van der Waals surface area contributed by atoms with Gasteiger partial charge in [0.15, 0.2) is 5.13 Å². The van der Waals surface area contributed by atoms with Crippen molar-refractivity contribution in [3.8, 4) is 0 Å². The van der Waals surface area contributed by atoms with Crippen molar-refractivity contribution in [2.45, 2.75) is 5.75 Å². The van der Waals surface area contributed by atoms with E-state index in [0.717, 1.165) is 15.0 Å². The van der Waals surface area contributed by atoms with Crippen molar-refractivity contribution in [1.82, 2.24) is 4.98 Å². The molecule has 3 nitrogen and oxygen atoms in total. The molecule has 6 heteroatoms. The number of amides is 1. The lowest BCUT2D eigenvalue weighted by Crippen LogP contribution is -2.13. The molecule has 0 spiro atoms. The van der Waals surface area contributed by atoms with Gasteiger partial charge in [0.1, 0.15) is 0 Å². The SMILES string of the molecule is CSCc1csc(NC(=O)c2ccccc2I)n1. The van der Waals surface area contributed by atoms with Crippen LogP contribution in [0.5, 0.6) is 0 Å². The highest BCUT2D eigenvalue weighted by Gasteiger charge is 2.11. The molecule has 1 aromatic carbocycles. The maximum Gasteiger partial charge on any atom is 0.258 e. The van der Waals surface area contributed by atoms with Crippen LogP contribution in [0.3, 0.4) is 0 Å². The van der Waals surface area contributed by atoms with Crippen molar-refractivity contribution in [3.63, 3.8) is 0 Å². The molecule has 0 atom stereocenters. The molecule has 18 heavy (non-hydrogen) atoms. The summed E-state index contributed by atoms with van der Waals surface area (Å²) in [4.78, 5) is 16.4. The number of carbonyl (C=O) groups is 1. The minimum Gasteiger partial charge on any atom is -0.298 e. The Kier molecular flexibility index (Phi) is 5.02. The van der Waals surface area contributed by atoms with Crippen molar-refractivity contribution in [2.24, 2.45) is 0 Å². The molecule has 1 amide bonds. The fraction of sp³-hybridized carbons (Fsp3) is 0.167. The predicted molar refractivity (Wildman–Crippen MR) is 86.4 cm³/mol. The Balaban J connectivity index is 2.09. The van der Waals surface area contributed by atoms with Crippen LogP contribution in [0.1, 0.15) is 16.1 Å². The number of nitrogens with one attached hydrogen (secondary N) is 1. The third kappa shape index (κ3) is 3.46. The summed E-state index contributed by atoms with van der Waals surface area (Å²) >= 11 is 5.33. The van der Waals surface area contributed by atoms with Gasteiger partial charge in [-0.25, -0.2) is 4.98 Å². The molecule has 0 saturated carbocycles. The first-order valence-corrected chi connectivity index (χ1v) is 8.55. The highest BCUT2D eigenvalue weighted by atomic mass is 127. The van der Waals surface area contributed by atoms with E-state index in [0.29, 0.717) is 10.7 Å². The zero-order valence-corrected chi connectivity index (χ0v) is 13.4. The van der Waals surface area contributed by atoms with Crippen LogP contribution in [-0.4, -0.2) is 17.1 Å². The van der Waals surface area contributed by atoms with Crippen LogP contribution in [-0.2, 0) is 5.75 Å². The van der Waals surface area contributed by atoms with Gasteiger partial charge in [0, 0.05) is 14.7 Å². The van der Waals surface area contributed by atoms with Gasteiger partial charge in [-0.15, -0.1) is 11.3 Å². The van der Waals surface area contributed by atoms with Gasteiger partial charge >= 0.3 is 0 Å². The summed E-state index contributed by atoms with van der Waals surface area (Å²) in [6.07, 6.45) is 2.03. The number of carbonyl (C=O) groups excluding carboxylic acids is 1. The monoisotopic (exact) mass is 390 g/mol. The number of hydrogen-bond donors (Lipinski definition) is 1. The molecule has 1 heterocycles. The van der Waals surface area contributed by atoms with Crippen LogP contribution in [0.25, 0.3) is 0 Å². The third-order valence-corrected chi connectivity index (χ3v) is 4.51. The summed E-state index contributed by atoms with van der Waals surface area (Å²) in [5.74, 6) is 0.764. The van der Waals surface area contributed by atoms with Gasteiger partial charge in [0.25, 0.3) is 5.91 Å². The quantitative estimate of drug-likeness (QED) is 0.807. The second kappa shape index (κ2) is 6.53. The molecule has 0 unspecified atom stereocenters. The fourth-order valence-electron chi connectivity index (χ4n) is 1.39. The lowest BCUT2D eigenvalue weighted by Gasteiger charge is -2.03. The van der Waals surface area contributed by atoms with Crippen LogP contribution < -0.4 is 5.32 Å². The molecular weight excluding hydrogens is 379 g/mol. The molecule has 1 N–H and O–H groups in total. The largest absolute Gasteiger partial charge is 0.298 e. The molecule has 0 bridgehead atoms. The number of thioether (sulfide) groups is 1. The maximum absolute atomic E-state index is 12.0. The summed E-state index contributed by atoms with van der Waals surface area (Å²) in [5, 5.41) is 5.46. The lowest BCUT2D eigenvalue weighted by molar-refractivity contribution is 0.102. The first-order chi connectivity index (χ1) is 8.70. The van der Waals surface area contributed by atoms with Gasteiger partial charge in [-0.1, -0.05) is 12.1 Å². The van der Waals surface area contributed by atoms with Crippen molar-refractivity contribution in [2.75, 3.05) is 11.6 Å². The second-order valence-electron chi connectivity index (χ2n) is 3.51. The summed E-state index contributed by atoms with van der Waals surface area (Å²) < 4.78 is 0.938. The van der Waals surface area contributed by atoms with E-state index in [1.165, 1.54) is 11.3 Å². The van der Waals surface area contributed by atoms with Crippen molar-refractivity contribution >= 4 is 56.7 Å². The second-order valence-corrected chi connectivity index (χ2v) is 6.40. The van der Waals surface area contributed by atoms with Crippen LogP contribution in [0.2, 0.25) is 0 Å². The normalized spacial score (nSPS) is 10.3. The predicted octanol–water partition coefficient (Wildman–Crippen LogP) is 3.86. The molecule has 0 aliphatic carbocycles. The number of hydrogen-bond acceptors (Lipinski definition) is 4. The number of rotatable bonds is 4. The molecule has 0 aliphatic heterocycles. The fourth-order valence-corrected chi connectivity index (χ4v) is 3.28. The number of halogens is 1. The van der Waals surface area contributed by atoms with E-state index in [1.807, 2.05) is 35.9 Å². The molecule has 94 valence electrons. The number of benzene rings is 1. The van der Waals surface area contributed by atoms with Gasteiger partial charge < -0.3 is 0 Å². The summed E-state index contributed by atoms with van der Waals surface area (Å²) in [7, 11) is 0. The molecular formula is C12H11IN2OS2. The number of aromatic nitrogens is 1. The minimum absolute atomic E-state index is 0.106. The van der Waals surface area contributed by atoms with Gasteiger partial charge in [0.05, 0.1) is 11.3 Å². The number of anilines is 1. The average Bonchev–Trinajstić information content (AvgIpc) is 2.77. The van der Waals surface area contributed by atoms with Crippen molar-refractivity contribution < 1.29 is 4.79 Å². The highest BCUT2D eigenvalue weighted by molar-refractivity contribution is 14.1. The molecule has 1 aromatic heterocycles. The summed E-state index contributed by atoms with van der Waals surface area (Å²) in [6.45, 7) is 0. The molecule has 0 aliphatic rings. The Morgan fingerprint density at radius 2 is 2.28 bits per heavy atom. The molecule has 2 rings (SSSR count). The van der Waals surface area contributed by atoms with Crippen molar-refractivity contribution in [1.29, 1.82) is 0 Å². The van der Waals surface area contributed by atoms with E-state index in [-0.39, 0.29) is 5.91 Å². The Labute approximate surface area is 128 Å². The Morgan fingerprint density at radius 1 is 1.50 bits per heavy atom. The Hall–Kier alpha value is -0.600. The minimum atomic E-state index is -0.106. The highest BCUT2D eigenvalue weighted by Crippen LogP contribution is 2.20. The van der Waals surface area contributed by atoms with Gasteiger partial charge in [-0.05, 0) is 41.0 Å². The standard InChI is InChI=1S/C12H11IN2OS2/c1-17-6-8-7-18-12(14-8)15-11(16)9-4-2-3-5-10(9)13/h2-5,7H,6H2,1H3,(H,14,15,16). The van der Waals surface area contributed by atoms with Gasteiger partial charge in [0.2, 0.25) is 0 Å².